The van der Waals surface area contributed by atoms with Gasteiger partial charge in [0.1, 0.15) is 0 Å². The predicted molar refractivity (Wildman–Crippen MR) is 94.5 cm³/mol. The zero-order valence-electron chi connectivity index (χ0n) is 14.9. The smallest absolute Gasteiger partial charge is 0.344 e. The minimum absolute atomic E-state index is 0.127. The Hall–Kier alpha value is -2.50. The highest BCUT2D eigenvalue weighted by Crippen LogP contribution is 2.32. The molecule has 1 fully saturated rings. The van der Waals surface area contributed by atoms with Gasteiger partial charge in [0.25, 0.3) is 5.91 Å². The van der Waals surface area contributed by atoms with E-state index in [2.05, 4.69) is 5.32 Å². The average molecular weight is 347 g/mol. The molecule has 6 nitrogen and oxygen atoms in total. The number of amides is 1. The van der Waals surface area contributed by atoms with Crippen LogP contribution in [0.4, 0.5) is 0 Å². The molecule has 136 valence electrons. The van der Waals surface area contributed by atoms with E-state index < -0.39 is 5.97 Å². The average Bonchev–Trinajstić information content (AvgIpc) is 3.44. The summed E-state index contributed by atoms with van der Waals surface area (Å²) in [5.41, 5.74) is 0.968. The maximum atomic E-state index is 11.7. The number of nitrogens with one attached hydrogen (secondary N) is 1. The van der Waals surface area contributed by atoms with Gasteiger partial charge in [-0.05, 0) is 50.3 Å². The van der Waals surface area contributed by atoms with Crippen LogP contribution in [0.5, 0.6) is 11.5 Å². The van der Waals surface area contributed by atoms with E-state index in [1.807, 2.05) is 38.1 Å². The molecule has 0 heterocycles. The van der Waals surface area contributed by atoms with E-state index in [-0.39, 0.29) is 25.2 Å². The van der Waals surface area contributed by atoms with Crippen LogP contribution in [-0.2, 0) is 14.3 Å². The molecule has 1 aliphatic carbocycles. The van der Waals surface area contributed by atoms with Gasteiger partial charge in [-0.25, -0.2) is 4.79 Å². The second kappa shape index (κ2) is 9.11. The summed E-state index contributed by atoms with van der Waals surface area (Å²) in [5.74, 6) is 0.634. The van der Waals surface area contributed by atoms with Crippen molar-refractivity contribution in [3.8, 4) is 11.5 Å². The molecule has 0 radical (unpaired) electrons. The SMILES string of the molecule is C/C=C/c1ccc(OCC(=O)OCC(=O)N[C@@H](C)C2CC2)c(OC)c1. The number of allylic oxidation sites excluding steroid dienone is 1. The molecule has 0 bridgehead atoms. The molecule has 0 spiro atoms. The van der Waals surface area contributed by atoms with Gasteiger partial charge in [-0.15, -0.1) is 0 Å². The lowest BCUT2D eigenvalue weighted by Crippen LogP contribution is -2.37. The summed E-state index contributed by atoms with van der Waals surface area (Å²) in [5, 5.41) is 2.82. The minimum atomic E-state index is -0.603. The molecule has 0 aromatic heterocycles. The molecule has 1 amide bonds. The van der Waals surface area contributed by atoms with Gasteiger partial charge in [-0.1, -0.05) is 18.2 Å². The molecule has 2 rings (SSSR count). The van der Waals surface area contributed by atoms with Crippen LogP contribution in [0.25, 0.3) is 6.08 Å². The minimum Gasteiger partial charge on any atom is -0.493 e. The number of carbonyl (C=O) groups is 2. The zero-order valence-corrected chi connectivity index (χ0v) is 14.9. The highest BCUT2D eigenvalue weighted by atomic mass is 16.6. The Bertz CT molecular complexity index is 637. The lowest BCUT2D eigenvalue weighted by Gasteiger charge is -2.13. The van der Waals surface area contributed by atoms with Crippen molar-refractivity contribution in [1.82, 2.24) is 5.32 Å². The van der Waals surface area contributed by atoms with Gasteiger partial charge in [0.2, 0.25) is 0 Å². The molecule has 0 unspecified atom stereocenters. The second-order valence-corrected chi connectivity index (χ2v) is 6.05. The number of rotatable bonds is 9. The third kappa shape index (κ3) is 6.14. The number of carbonyl (C=O) groups excluding carboxylic acids is 2. The lowest BCUT2D eigenvalue weighted by atomic mass is 10.2. The number of hydrogen-bond acceptors (Lipinski definition) is 5. The van der Waals surface area contributed by atoms with Crippen LogP contribution >= 0.6 is 0 Å². The fraction of sp³-hybridized carbons (Fsp3) is 0.474. The Morgan fingerprint density at radius 3 is 2.68 bits per heavy atom. The third-order valence-corrected chi connectivity index (χ3v) is 3.97. The van der Waals surface area contributed by atoms with Crippen LogP contribution in [0.3, 0.4) is 0 Å². The quantitative estimate of drug-likeness (QED) is 0.695. The van der Waals surface area contributed by atoms with Gasteiger partial charge in [-0.2, -0.15) is 0 Å². The van der Waals surface area contributed by atoms with Gasteiger partial charge in [0, 0.05) is 6.04 Å². The predicted octanol–water partition coefficient (Wildman–Crippen LogP) is 2.57. The van der Waals surface area contributed by atoms with Gasteiger partial charge in [0.15, 0.2) is 24.7 Å². The van der Waals surface area contributed by atoms with Crippen molar-refractivity contribution in [2.75, 3.05) is 20.3 Å². The van der Waals surface area contributed by atoms with Gasteiger partial charge in [-0.3, -0.25) is 4.79 Å². The number of hydrogen-bond donors (Lipinski definition) is 1. The molecule has 1 aromatic rings. The van der Waals surface area contributed by atoms with Gasteiger partial charge >= 0.3 is 5.97 Å². The van der Waals surface area contributed by atoms with E-state index in [9.17, 15) is 9.59 Å². The molecule has 1 aromatic carbocycles. The third-order valence-electron chi connectivity index (χ3n) is 3.97. The second-order valence-electron chi connectivity index (χ2n) is 6.05. The normalized spacial score (nSPS) is 14.8. The summed E-state index contributed by atoms with van der Waals surface area (Å²) in [6.45, 7) is 3.31. The largest absolute Gasteiger partial charge is 0.493 e. The first-order valence-electron chi connectivity index (χ1n) is 8.42. The van der Waals surface area contributed by atoms with Crippen molar-refractivity contribution in [2.24, 2.45) is 5.92 Å². The summed E-state index contributed by atoms with van der Waals surface area (Å²) in [6, 6.07) is 5.52. The Morgan fingerprint density at radius 2 is 2.04 bits per heavy atom. The summed E-state index contributed by atoms with van der Waals surface area (Å²) < 4.78 is 15.6. The van der Waals surface area contributed by atoms with Crippen LogP contribution in [-0.4, -0.2) is 38.2 Å². The topological polar surface area (TPSA) is 73.9 Å². The fourth-order valence-corrected chi connectivity index (χ4v) is 2.43. The fourth-order valence-electron chi connectivity index (χ4n) is 2.43. The molecule has 25 heavy (non-hydrogen) atoms. The van der Waals surface area contributed by atoms with Crippen LogP contribution in [0.2, 0.25) is 0 Å². The molecule has 1 N–H and O–H groups in total. The van der Waals surface area contributed by atoms with Crippen LogP contribution in [0.1, 0.15) is 32.3 Å². The van der Waals surface area contributed by atoms with Crippen molar-refractivity contribution in [3.63, 3.8) is 0 Å². The van der Waals surface area contributed by atoms with E-state index >= 15 is 0 Å². The summed E-state index contributed by atoms with van der Waals surface area (Å²) in [4.78, 5) is 23.5. The van der Waals surface area contributed by atoms with E-state index in [1.54, 1.807) is 6.07 Å². The number of esters is 1. The van der Waals surface area contributed by atoms with Crippen molar-refractivity contribution in [2.45, 2.75) is 32.7 Å². The molecule has 1 aliphatic rings. The van der Waals surface area contributed by atoms with E-state index in [4.69, 9.17) is 14.2 Å². The van der Waals surface area contributed by atoms with E-state index in [1.165, 1.54) is 7.11 Å². The molecular formula is C19H25NO5. The maximum absolute atomic E-state index is 11.7. The first-order valence-corrected chi connectivity index (χ1v) is 8.42. The van der Waals surface area contributed by atoms with E-state index in [0.717, 1.165) is 18.4 Å². The summed E-state index contributed by atoms with van der Waals surface area (Å²) >= 11 is 0. The first kappa shape index (κ1) is 18.8. The summed E-state index contributed by atoms with van der Waals surface area (Å²) in [7, 11) is 1.53. The Morgan fingerprint density at radius 1 is 1.28 bits per heavy atom. The lowest BCUT2D eigenvalue weighted by molar-refractivity contribution is -0.150. The number of ether oxygens (including phenoxy) is 3. The summed E-state index contributed by atoms with van der Waals surface area (Å²) in [6.07, 6.45) is 6.14. The zero-order chi connectivity index (χ0) is 18.2. The highest BCUT2D eigenvalue weighted by molar-refractivity contribution is 5.81. The number of benzene rings is 1. The molecule has 1 atom stereocenters. The van der Waals surface area contributed by atoms with E-state index in [0.29, 0.717) is 17.4 Å². The molecule has 6 heteroatoms. The maximum Gasteiger partial charge on any atom is 0.344 e. The van der Waals surface area contributed by atoms with Crippen molar-refractivity contribution >= 4 is 18.0 Å². The van der Waals surface area contributed by atoms with Gasteiger partial charge in [0.05, 0.1) is 7.11 Å². The molecule has 0 aliphatic heterocycles. The Balaban J connectivity index is 1.76. The van der Waals surface area contributed by atoms with Gasteiger partial charge < -0.3 is 19.5 Å². The Kier molecular flexibility index (Phi) is 6.86. The molecule has 1 saturated carbocycles. The Labute approximate surface area is 148 Å². The van der Waals surface area contributed by atoms with Crippen LogP contribution in [0.15, 0.2) is 24.3 Å². The monoisotopic (exact) mass is 347 g/mol. The van der Waals surface area contributed by atoms with Crippen LogP contribution < -0.4 is 14.8 Å². The van der Waals surface area contributed by atoms with Crippen molar-refractivity contribution < 1.29 is 23.8 Å². The molecular weight excluding hydrogens is 322 g/mol. The number of methoxy groups -OCH3 is 1. The van der Waals surface area contributed by atoms with Crippen molar-refractivity contribution in [3.05, 3.63) is 29.8 Å². The first-order chi connectivity index (χ1) is 12.0. The van der Waals surface area contributed by atoms with Crippen molar-refractivity contribution in [1.29, 1.82) is 0 Å². The highest BCUT2D eigenvalue weighted by Gasteiger charge is 2.28. The molecule has 0 saturated heterocycles. The standard InChI is InChI=1S/C19H25NO5/c1-4-5-14-6-9-16(17(10-14)23-3)24-12-19(22)25-11-18(21)20-13(2)15-7-8-15/h4-6,9-10,13,15H,7-8,11-12H2,1-3H3,(H,20,21)/b5-4+/t13-/m0/s1. The van der Waals surface area contributed by atoms with Crippen LogP contribution in [0, 0.1) is 5.92 Å².